The van der Waals surface area contributed by atoms with Gasteiger partial charge < -0.3 is 15.6 Å². The Morgan fingerprint density at radius 1 is 1.24 bits per heavy atom. The molecule has 0 aromatic carbocycles. The van der Waals surface area contributed by atoms with Gasteiger partial charge in [-0.1, -0.05) is 46.2 Å². The van der Waals surface area contributed by atoms with Gasteiger partial charge in [-0.3, -0.25) is 0 Å². The fourth-order valence-electron chi connectivity index (χ4n) is 4.62. The third kappa shape index (κ3) is 3.71. The molecule has 6 nitrogen and oxygen atoms in total. The minimum absolute atomic E-state index is 0.0777. The number of hydrazine groups is 1. The van der Waals surface area contributed by atoms with E-state index in [2.05, 4.69) is 84.6 Å². The number of aromatic nitrogens is 2. The molecule has 4 heterocycles. The summed E-state index contributed by atoms with van der Waals surface area (Å²) in [5.74, 6) is 2.66. The third-order valence-corrected chi connectivity index (χ3v) is 7.12. The zero-order valence-electron chi connectivity index (χ0n) is 18.3. The molecular weight excluding hydrogens is 360 g/mol. The Morgan fingerprint density at radius 2 is 2.07 bits per heavy atom. The fourth-order valence-corrected chi connectivity index (χ4v) is 4.62. The molecule has 1 saturated heterocycles. The van der Waals surface area contributed by atoms with Crippen LogP contribution in [-0.4, -0.2) is 47.7 Å². The molecule has 2 aromatic heterocycles. The van der Waals surface area contributed by atoms with Gasteiger partial charge in [0.2, 0.25) is 0 Å². The first-order chi connectivity index (χ1) is 13.9. The monoisotopic (exact) mass is 394 g/mol. The number of fused-ring (bicyclic) bond motifs is 1. The molecule has 2 aliphatic heterocycles. The molecule has 4 rings (SSSR count). The molecule has 2 aliphatic rings. The van der Waals surface area contributed by atoms with Crippen LogP contribution in [0.4, 0.5) is 11.6 Å². The summed E-state index contributed by atoms with van der Waals surface area (Å²) in [7, 11) is 2.05. The first-order valence-electron chi connectivity index (χ1n) is 10.8. The maximum atomic E-state index is 5.10. The second-order valence-electron chi connectivity index (χ2n) is 9.07. The maximum absolute atomic E-state index is 5.10. The Kier molecular flexibility index (Phi) is 5.49. The summed E-state index contributed by atoms with van der Waals surface area (Å²) in [5.41, 5.74) is 5.82. The van der Waals surface area contributed by atoms with Gasteiger partial charge >= 0.3 is 0 Å². The normalized spacial score (nSPS) is 23.6. The van der Waals surface area contributed by atoms with Crippen molar-refractivity contribution in [2.45, 2.75) is 46.2 Å². The Labute approximate surface area is 174 Å². The van der Waals surface area contributed by atoms with Crippen molar-refractivity contribution in [2.24, 2.45) is 11.3 Å². The highest BCUT2D eigenvalue weighted by Gasteiger charge is 2.37. The van der Waals surface area contributed by atoms with Crippen LogP contribution >= 0.6 is 0 Å². The third-order valence-electron chi connectivity index (χ3n) is 7.12. The number of hydrogen-bond acceptors (Lipinski definition) is 6. The van der Waals surface area contributed by atoms with Gasteiger partial charge in [-0.15, -0.1) is 0 Å². The number of anilines is 2. The van der Waals surface area contributed by atoms with Gasteiger partial charge in [0, 0.05) is 44.5 Å². The van der Waals surface area contributed by atoms with Gasteiger partial charge in [0.1, 0.15) is 11.6 Å². The highest BCUT2D eigenvalue weighted by Crippen LogP contribution is 2.37. The smallest absolute Gasteiger partial charge is 0.145 e. The molecule has 3 unspecified atom stereocenters. The quantitative estimate of drug-likeness (QED) is 0.807. The van der Waals surface area contributed by atoms with E-state index in [0.29, 0.717) is 12.0 Å². The van der Waals surface area contributed by atoms with Gasteiger partial charge in [-0.05, 0) is 29.5 Å². The van der Waals surface area contributed by atoms with Crippen molar-refractivity contribution in [3.8, 4) is 0 Å². The molecule has 2 aromatic rings. The molecule has 0 spiro atoms. The van der Waals surface area contributed by atoms with Gasteiger partial charge in [0.25, 0.3) is 0 Å². The van der Waals surface area contributed by atoms with Crippen LogP contribution in [0.25, 0.3) is 0 Å². The highest BCUT2D eigenvalue weighted by molar-refractivity contribution is 5.53. The standard InChI is InChI=1S/C23H34N6/c1-6-16(2)23(3,4)19-15-29(14-13-24-19)20-11-7-10-18(26-20)21-17-9-8-12-25-22(17)27-28(21)5/h7-12,16,19,21,24H,6,13-15H2,1-5H3,(H,25,27). The Hall–Kier alpha value is -2.18. The topological polar surface area (TPSA) is 56.3 Å². The number of nitrogens with zero attached hydrogens (tertiary/aromatic N) is 4. The van der Waals surface area contributed by atoms with Crippen LogP contribution < -0.4 is 15.6 Å². The van der Waals surface area contributed by atoms with Crippen LogP contribution in [0, 0.1) is 11.3 Å². The number of rotatable bonds is 5. The predicted molar refractivity (Wildman–Crippen MR) is 119 cm³/mol. The molecule has 6 heteroatoms. The summed E-state index contributed by atoms with van der Waals surface area (Å²) in [5, 5.41) is 5.86. The summed E-state index contributed by atoms with van der Waals surface area (Å²) in [4.78, 5) is 12.0. The molecule has 0 radical (unpaired) electrons. The van der Waals surface area contributed by atoms with E-state index in [-0.39, 0.29) is 11.5 Å². The highest BCUT2D eigenvalue weighted by atomic mass is 15.5. The van der Waals surface area contributed by atoms with Gasteiger partial charge in [-0.2, -0.15) is 0 Å². The van der Waals surface area contributed by atoms with Crippen LogP contribution in [0.1, 0.15) is 51.4 Å². The van der Waals surface area contributed by atoms with E-state index in [1.807, 2.05) is 12.3 Å². The summed E-state index contributed by atoms with van der Waals surface area (Å²) in [6, 6.07) is 11.1. The van der Waals surface area contributed by atoms with Crippen molar-refractivity contribution in [1.29, 1.82) is 0 Å². The molecule has 2 N–H and O–H groups in total. The number of nitrogens with one attached hydrogen (secondary N) is 2. The molecule has 0 bridgehead atoms. The molecular formula is C23H34N6. The Balaban J connectivity index is 1.58. The maximum Gasteiger partial charge on any atom is 0.145 e. The van der Waals surface area contributed by atoms with Crippen LogP contribution in [-0.2, 0) is 0 Å². The van der Waals surface area contributed by atoms with Crippen LogP contribution in [0.2, 0.25) is 0 Å². The van der Waals surface area contributed by atoms with E-state index < -0.39 is 0 Å². The van der Waals surface area contributed by atoms with Crippen molar-refractivity contribution in [3.05, 3.63) is 47.8 Å². The lowest BCUT2D eigenvalue weighted by Gasteiger charge is -2.45. The summed E-state index contributed by atoms with van der Waals surface area (Å²) in [6.45, 7) is 12.4. The molecule has 3 atom stereocenters. The molecule has 156 valence electrons. The largest absolute Gasteiger partial charge is 0.354 e. The summed E-state index contributed by atoms with van der Waals surface area (Å²) in [6.07, 6.45) is 3.03. The van der Waals surface area contributed by atoms with Crippen molar-refractivity contribution >= 4 is 11.6 Å². The SMILES string of the molecule is CCC(C)C(C)(C)C1CN(c2cccc(C3c4cccnc4NN3C)n2)CCN1. The van der Waals surface area contributed by atoms with Crippen molar-refractivity contribution < 1.29 is 0 Å². The zero-order valence-corrected chi connectivity index (χ0v) is 18.3. The van der Waals surface area contributed by atoms with Crippen molar-refractivity contribution in [3.63, 3.8) is 0 Å². The summed E-state index contributed by atoms with van der Waals surface area (Å²) < 4.78 is 0. The number of piperazine rings is 1. The minimum Gasteiger partial charge on any atom is -0.354 e. The zero-order chi connectivity index (χ0) is 20.6. The Morgan fingerprint density at radius 3 is 2.86 bits per heavy atom. The van der Waals surface area contributed by atoms with Crippen molar-refractivity contribution in [1.82, 2.24) is 20.3 Å². The second-order valence-corrected chi connectivity index (χ2v) is 9.07. The predicted octanol–water partition coefficient (Wildman–Crippen LogP) is 3.69. The second kappa shape index (κ2) is 7.92. The average Bonchev–Trinajstić information content (AvgIpc) is 3.09. The average molecular weight is 395 g/mol. The Bertz CT molecular complexity index is 851. The summed E-state index contributed by atoms with van der Waals surface area (Å²) >= 11 is 0. The molecule has 29 heavy (non-hydrogen) atoms. The minimum atomic E-state index is 0.0777. The lowest BCUT2D eigenvalue weighted by atomic mass is 9.72. The van der Waals surface area contributed by atoms with E-state index in [9.17, 15) is 0 Å². The van der Waals surface area contributed by atoms with Crippen LogP contribution in [0.5, 0.6) is 0 Å². The lowest BCUT2D eigenvalue weighted by Crippen LogP contribution is -2.58. The van der Waals surface area contributed by atoms with E-state index in [1.165, 1.54) is 12.0 Å². The molecule has 0 amide bonds. The first kappa shape index (κ1) is 20.1. The van der Waals surface area contributed by atoms with E-state index >= 15 is 0 Å². The van der Waals surface area contributed by atoms with Gasteiger partial charge in [-0.25, -0.2) is 15.0 Å². The first-order valence-corrected chi connectivity index (χ1v) is 10.8. The van der Waals surface area contributed by atoms with Gasteiger partial charge in [0.15, 0.2) is 0 Å². The van der Waals surface area contributed by atoms with Crippen molar-refractivity contribution in [2.75, 3.05) is 37.0 Å². The molecule has 1 fully saturated rings. The number of hydrogen-bond donors (Lipinski definition) is 2. The van der Waals surface area contributed by atoms with E-state index in [4.69, 9.17) is 4.98 Å². The lowest BCUT2D eigenvalue weighted by molar-refractivity contribution is 0.143. The van der Waals surface area contributed by atoms with E-state index in [1.54, 1.807) is 0 Å². The molecule has 0 saturated carbocycles. The van der Waals surface area contributed by atoms with E-state index in [0.717, 1.165) is 37.0 Å². The molecule has 0 aliphatic carbocycles. The fraction of sp³-hybridized carbons (Fsp3) is 0.565. The van der Waals surface area contributed by atoms with Crippen LogP contribution in [0.3, 0.4) is 0 Å². The van der Waals surface area contributed by atoms with Gasteiger partial charge in [0.05, 0.1) is 11.7 Å². The van der Waals surface area contributed by atoms with Crippen LogP contribution in [0.15, 0.2) is 36.5 Å². The number of pyridine rings is 2.